The summed E-state index contributed by atoms with van der Waals surface area (Å²) in [6.45, 7) is 3.58. The van der Waals surface area contributed by atoms with Gasteiger partial charge in [0.25, 0.3) is 5.91 Å². The van der Waals surface area contributed by atoms with E-state index in [2.05, 4.69) is 20.5 Å². The molecule has 3 amide bonds. The Hall–Kier alpha value is -3.95. The lowest BCUT2D eigenvalue weighted by Gasteiger charge is -2.28. The highest BCUT2D eigenvalue weighted by molar-refractivity contribution is 7.21. The monoisotopic (exact) mass is 499 g/mol. The van der Waals surface area contributed by atoms with Crippen LogP contribution < -0.4 is 20.3 Å². The van der Waals surface area contributed by atoms with Crippen molar-refractivity contribution < 1.29 is 14.3 Å². The number of carbonyl (C=O) groups is 2. The van der Waals surface area contributed by atoms with Crippen molar-refractivity contribution in [1.29, 1.82) is 0 Å². The molecule has 1 fully saturated rings. The molecule has 0 spiro atoms. The van der Waals surface area contributed by atoms with Gasteiger partial charge in [-0.15, -0.1) is 11.3 Å². The number of carbonyl (C=O) groups excluding carboxylic acids is 2. The zero-order chi connectivity index (χ0) is 24.5. The van der Waals surface area contributed by atoms with Gasteiger partial charge in [-0.2, -0.15) is 0 Å². The summed E-state index contributed by atoms with van der Waals surface area (Å²) in [7, 11) is 0. The van der Waals surface area contributed by atoms with Crippen LogP contribution >= 0.6 is 11.3 Å². The molecule has 2 aliphatic heterocycles. The van der Waals surface area contributed by atoms with Gasteiger partial charge in [0.15, 0.2) is 0 Å². The van der Waals surface area contributed by atoms with Crippen molar-refractivity contribution in [3.63, 3.8) is 0 Å². The van der Waals surface area contributed by atoms with E-state index >= 15 is 0 Å². The van der Waals surface area contributed by atoms with Gasteiger partial charge < -0.3 is 20.3 Å². The number of rotatable bonds is 7. The van der Waals surface area contributed by atoms with Crippen LogP contribution in [-0.2, 0) is 0 Å². The number of amides is 3. The van der Waals surface area contributed by atoms with Crippen LogP contribution in [0.5, 0.6) is 11.5 Å². The first-order valence-electron chi connectivity index (χ1n) is 12.0. The van der Waals surface area contributed by atoms with E-state index in [1.165, 1.54) is 24.2 Å². The predicted molar refractivity (Wildman–Crippen MR) is 142 cm³/mol. The van der Waals surface area contributed by atoms with E-state index in [0.29, 0.717) is 39.1 Å². The van der Waals surface area contributed by atoms with E-state index in [-0.39, 0.29) is 11.9 Å². The summed E-state index contributed by atoms with van der Waals surface area (Å²) in [4.78, 5) is 35.9. The molecule has 0 aliphatic carbocycles. The molecule has 0 radical (unpaired) electrons. The van der Waals surface area contributed by atoms with Gasteiger partial charge in [0, 0.05) is 19.3 Å². The number of nitrogens with one attached hydrogen (secondary N) is 2. The number of ether oxygens (including phenoxy) is 1. The Balaban J connectivity index is 1.25. The van der Waals surface area contributed by atoms with Crippen molar-refractivity contribution in [3.8, 4) is 11.5 Å². The Labute approximate surface area is 212 Å². The lowest BCUT2D eigenvalue weighted by molar-refractivity contribution is 0.0954. The van der Waals surface area contributed by atoms with Gasteiger partial charge in [0.05, 0.1) is 22.4 Å². The maximum atomic E-state index is 13.3. The summed E-state index contributed by atoms with van der Waals surface area (Å²) in [6, 6.07) is 18.4. The second-order valence-electron chi connectivity index (χ2n) is 8.80. The van der Waals surface area contributed by atoms with Crippen molar-refractivity contribution in [2.24, 2.45) is 0 Å². The molecule has 2 aromatic carbocycles. The van der Waals surface area contributed by atoms with Gasteiger partial charge in [0.2, 0.25) is 0 Å². The molecule has 2 aliphatic rings. The molecule has 0 saturated carbocycles. The first kappa shape index (κ1) is 22.5. The van der Waals surface area contributed by atoms with E-state index < -0.39 is 0 Å². The first-order chi connectivity index (χ1) is 17.7. The molecule has 8 nitrogen and oxygen atoms in total. The maximum Gasteiger partial charge on any atom is 0.331 e. The van der Waals surface area contributed by atoms with E-state index in [0.717, 1.165) is 30.8 Å². The number of benzene rings is 2. The van der Waals surface area contributed by atoms with Crippen LogP contribution in [-0.4, -0.2) is 48.0 Å². The van der Waals surface area contributed by atoms with Gasteiger partial charge in [-0.25, -0.2) is 9.78 Å². The number of hydrogen-bond donors (Lipinski definition) is 2. The highest BCUT2D eigenvalue weighted by Gasteiger charge is 2.32. The molecule has 6 rings (SSSR count). The van der Waals surface area contributed by atoms with Crippen molar-refractivity contribution >= 4 is 50.6 Å². The lowest BCUT2D eigenvalue weighted by atomic mass is 10.1. The fraction of sp³-hybridized carbons (Fsp3) is 0.222. The standard InChI is InChI=1S/C27H25N5O3S/c33-25(28-14-17-31-15-4-5-16-31)24-23-22-21(12-13-29-26(22)36-24)32(27(34)30-23)18-8-10-20(11-9-18)35-19-6-2-1-3-7-19/h1-3,6-13H,4-5,14-17H2,(H,28,33)(H,30,34). The van der Waals surface area contributed by atoms with Crippen LogP contribution in [0.25, 0.3) is 10.2 Å². The van der Waals surface area contributed by atoms with E-state index in [1.54, 1.807) is 17.2 Å². The number of hydrogen-bond acceptors (Lipinski definition) is 6. The van der Waals surface area contributed by atoms with Gasteiger partial charge in [-0.3, -0.25) is 9.69 Å². The second-order valence-corrected chi connectivity index (χ2v) is 9.79. The molecular weight excluding hydrogens is 474 g/mol. The van der Waals surface area contributed by atoms with Crippen molar-refractivity contribution in [3.05, 3.63) is 71.7 Å². The maximum absolute atomic E-state index is 13.3. The van der Waals surface area contributed by atoms with Crippen LogP contribution in [0.4, 0.5) is 21.9 Å². The SMILES string of the molecule is O=C(NCCN1CCCC1)c1sc2nccc3c2c1NC(=O)N3c1ccc(Oc2ccccc2)cc1. The number of anilines is 3. The number of para-hydroxylation sites is 1. The van der Waals surface area contributed by atoms with Crippen LogP contribution in [0.2, 0.25) is 0 Å². The minimum absolute atomic E-state index is 0.186. The van der Waals surface area contributed by atoms with Crippen LogP contribution in [0.15, 0.2) is 66.9 Å². The summed E-state index contributed by atoms with van der Waals surface area (Å²) < 4.78 is 5.88. The highest BCUT2D eigenvalue weighted by atomic mass is 32.1. The van der Waals surface area contributed by atoms with Gasteiger partial charge in [-0.05, 0) is 68.4 Å². The summed E-state index contributed by atoms with van der Waals surface area (Å²) in [5.74, 6) is 1.23. The van der Waals surface area contributed by atoms with Gasteiger partial charge in [-0.1, -0.05) is 18.2 Å². The number of likely N-dealkylation sites (tertiary alicyclic amines) is 1. The Morgan fingerprint density at radius 2 is 1.78 bits per heavy atom. The molecule has 1 saturated heterocycles. The smallest absolute Gasteiger partial charge is 0.331 e. The molecule has 2 N–H and O–H groups in total. The number of urea groups is 1. The third-order valence-electron chi connectivity index (χ3n) is 6.44. The number of thiophene rings is 1. The number of nitrogens with zero attached hydrogens (tertiary/aromatic N) is 3. The summed E-state index contributed by atoms with van der Waals surface area (Å²) >= 11 is 1.30. The molecule has 182 valence electrons. The third-order valence-corrected chi connectivity index (χ3v) is 7.53. The fourth-order valence-electron chi connectivity index (χ4n) is 4.70. The van der Waals surface area contributed by atoms with Gasteiger partial charge in [0.1, 0.15) is 21.2 Å². The zero-order valence-electron chi connectivity index (χ0n) is 19.6. The average molecular weight is 500 g/mol. The van der Waals surface area contributed by atoms with Gasteiger partial charge >= 0.3 is 6.03 Å². The van der Waals surface area contributed by atoms with E-state index in [4.69, 9.17) is 4.74 Å². The van der Waals surface area contributed by atoms with E-state index in [9.17, 15) is 9.59 Å². The summed E-state index contributed by atoms with van der Waals surface area (Å²) in [6.07, 6.45) is 4.10. The first-order valence-corrected chi connectivity index (χ1v) is 12.9. The Morgan fingerprint density at radius 3 is 2.56 bits per heavy atom. The van der Waals surface area contributed by atoms with Crippen LogP contribution in [0, 0.1) is 0 Å². The lowest BCUT2D eigenvalue weighted by Crippen LogP contribution is -2.36. The number of aromatic nitrogens is 1. The van der Waals surface area contributed by atoms with Crippen molar-refractivity contribution in [2.75, 3.05) is 36.4 Å². The molecule has 9 heteroatoms. The largest absolute Gasteiger partial charge is 0.457 e. The van der Waals surface area contributed by atoms with Crippen LogP contribution in [0.3, 0.4) is 0 Å². The Bertz CT molecular complexity index is 1410. The van der Waals surface area contributed by atoms with Crippen molar-refractivity contribution in [1.82, 2.24) is 15.2 Å². The second kappa shape index (κ2) is 9.60. The minimum atomic E-state index is -0.323. The Kier molecular flexibility index (Phi) is 6.00. The highest BCUT2D eigenvalue weighted by Crippen LogP contribution is 2.45. The van der Waals surface area contributed by atoms with E-state index in [1.807, 2.05) is 54.6 Å². The van der Waals surface area contributed by atoms with Crippen LogP contribution in [0.1, 0.15) is 22.5 Å². The Morgan fingerprint density at radius 1 is 1.03 bits per heavy atom. The quantitative estimate of drug-likeness (QED) is 0.346. The molecular formula is C27H25N5O3S. The average Bonchev–Trinajstić information content (AvgIpc) is 3.55. The minimum Gasteiger partial charge on any atom is -0.457 e. The molecule has 4 heterocycles. The number of pyridine rings is 1. The molecule has 0 atom stereocenters. The topological polar surface area (TPSA) is 86.8 Å². The normalized spacial score (nSPS) is 15.2. The third kappa shape index (κ3) is 4.27. The molecule has 36 heavy (non-hydrogen) atoms. The predicted octanol–water partition coefficient (Wildman–Crippen LogP) is 5.60. The zero-order valence-corrected chi connectivity index (χ0v) is 20.4. The molecule has 0 bridgehead atoms. The molecule has 2 aromatic heterocycles. The summed E-state index contributed by atoms with van der Waals surface area (Å²) in [5, 5.41) is 6.73. The van der Waals surface area contributed by atoms with Crippen molar-refractivity contribution in [2.45, 2.75) is 12.8 Å². The fourth-order valence-corrected chi connectivity index (χ4v) is 5.74. The molecule has 4 aromatic rings. The molecule has 0 unspecified atom stereocenters. The summed E-state index contributed by atoms with van der Waals surface area (Å²) in [5.41, 5.74) is 1.92.